The Labute approximate surface area is 108 Å². The summed E-state index contributed by atoms with van der Waals surface area (Å²) in [4.78, 5) is 0. The van der Waals surface area contributed by atoms with Crippen LogP contribution in [0.5, 0.6) is 0 Å². The van der Waals surface area contributed by atoms with Crippen molar-refractivity contribution in [2.45, 2.75) is 18.9 Å². The molecule has 0 amide bonds. The van der Waals surface area contributed by atoms with Crippen molar-refractivity contribution >= 4 is 0 Å². The fourth-order valence-corrected chi connectivity index (χ4v) is 2.23. The smallest absolute Gasteiger partial charge is 0.194 e. The van der Waals surface area contributed by atoms with Crippen molar-refractivity contribution in [1.29, 1.82) is 5.26 Å². The molecule has 1 aromatic carbocycles. The van der Waals surface area contributed by atoms with Crippen LogP contribution in [0.2, 0.25) is 0 Å². The Hall–Kier alpha value is -1.58. The molecular weight excluding hydrogens is 259 g/mol. The molecule has 19 heavy (non-hydrogen) atoms. The Balaban J connectivity index is 2.38. The Morgan fingerprint density at radius 2 is 1.74 bits per heavy atom. The van der Waals surface area contributed by atoms with Gasteiger partial charge in [0.2, 0.25) is 0 Å². The third-order valence-electron chi connectivity index (χ3n) is 3.45. The van der Waals surface area contributed by atoms with Crippen LogP contribution in [0.25, 0.3) is 0 Å². The Bertz CT molecular complexity index is 498. The molecule has 102 valence electrons. The average Bonchev–Trinajstić information content (AvgIpc) is 2.44. The monoisotopic (exact) mass is 271 g/mol. The normalized spacial score (nSPS) is 19.7. The molecule has 0 spiro atoms. The second-order valence-corrected chi connectivity index (χ2v) is 4.58. The number of rotatable bonds is 2. The highest BCUT2D eigenvalue weighted by Gasteiger charge is 2.41. The molecule has 6 heteroatoms. The van der Waals surface area contributed by atoms with E-state index in [4.69, 9.17) is 4.74 Å². The van der Waals surface area contributed by atoms with E-state index in [1.54, 1.807) is 0 Å². The second kappa shape index (κ2) is 5.19. The molecule has 1 aliphatic heterocycles. The number of aliphatic hydroxyl groups excluding tert-OH is 1. The molecule has 3 nitrogen and oxygen atoms in total. The first-order valence-corrected chi connectivity index (χ1v) is 5.82. The Morgan fingerprint density at radius 3 is 2.21 bits per heavy atom. The molecule has 1 aromatic rings. The van der Waals surface area contributed by atoms with E-state index < -0.39 is 29.0 Å². The highest BCUT2D eigenvalue weighted by Crippen LogP contribution is 2.42. The van der Waals surface area contributed by atoms with Crippen LogP contribution in [0.3, 0.4) is 0 Å². The lowest BCUT2D eigenvalue weighted by Crippen LogP contribution is -2.34. The van der Waals surface area contributed by atoms with E-state index in [9.17, 15) is 23.5 Å². The number of nitriles is 1. The number of benzene rings is 1. The van der Waals surface area contributed by atoms with Crippen LogP contribution in [0, 0.1) is 34.2 Å². The van der Waals surface area contributed by atoms with Gasteiger partial charge in [0, 0.05) is 13.2 Å². The third kappa shape index (κ3) is 2.44. The topological polar surface area (TPSA) is 53.2 Å². The maximum absolute atomic E-state index is 13.2. The van der Waals surface area contributed by atoms with Gasteiger partial charge in [-0.3, -0.25) is 0 Å². The first-order valence-electron chi connectivity index (χ1n) is 5.82. The van der Waals surface area contributed by atoms with Crippen LogP contribution in [0.1, 0.15) is 24.5 Å². The summed E-state index contributed by atoms with van der Waals surface area (Å²) in [5.74, 6) is -4.35. The summed E-state index contributed by atoms with van der Waals surface area (Å²) >= 11 is 0. The zero-order valence-corrected chi connectivity index (χ0v) is 10.00. The van der Waals surface area contributed by atoms with Crippen LogP contribution in [-0.2, 0) is 4.74 Å². The summed E-state index contributed by atoms with van der Waals surface area (Å²) in [7, 11) is 0. The Morgan fingerprint density at radius 1 is 1.21 bits per heavy atom. The van der Waals surface area contributed by atoms with E-state index >= 15 is 0 Å². The SMILES string of the molecule is N#CC1(C(O)c2cc(F)c(F)c(F)c2)CCOCC1. The number of hydrogen-bond acceptors (Lipinski definition) is 3. The molecule has 1 saturated heterocycles. The molecule has 1 unspecified atom stereocenters. The minimum Gasteiger partial charge on any atom is -0.387 e. The third-order valence-corrected chi connectivity index (χ3v) is 3.45. The van der Waals surface area contributed by atoms with Crippen LogP contribution >= 0.6 is 0 Å². The fraction of sp³-hybridized carbons (Fsp3) is 0.462. The summed E-state index contributed by atoms with van der Waals surface area (Å²) in [6.07, 6.45) is -0.873. The lowest BCUT2D eigenvalue weighted by atomic mass is 9.74. The summed E-state index contributed by atoms with van der Waals surface area (Å²) < 4.78 is 44.3. The number of ether oxygens (including phenoxy) is 1. The first-order chi connectivity index (χ1) is 9.00. The van der Waals surface area contributed by atoms with Gasteiger partial charge < -0.3 is 9.84 Å². The highest BCUT2D eigenvalue weighted by atomic mass is 19.2. The minimum atomic E-state index is -1.59. The van der Waals surface area contributed by atoms with Crippen molar-refractivity contribution in [3.05, 3.63) is 35.1 Å². The van der Waals surface area contributed by atoms with Gasteiger partial charge in [-0.05, 0) is 30.5 Å². The van der Waals surface area contributed by atoms with Gasteiger partial charge in [0.25, 0.3) is 0 Å². The predicted octanol–water partition coefficient (Wildman–Crippen LogP) is 2.46. The summed E-state index contributed by atoms with van der Waals surface area (Å²) in [5.41, 5.74) is -1.30. The lowest BCUT2D eigenvalue weighted by Gasteiger charge is -2.35. The van der Waals surface area contributed by atoms with Gasteiger partial charge >= 0.3 is 0 Å². The van der Waals surface area contributed by atoms with Gasteiger partial charge in [-0.25, -0.2) is 13.2 Å². The maximum atomic E-state index is 13.2. The van der Waals surface area contributed by atoms with E-state index in [0.717, 1.165) is 12.1 Å². The van der Waals surface area contributed by atoms with Crippen molar-refractivity contribution in [2.75, 3.05) is 13.2 Å². The van der Waals surface area contributed by atoms with Crippen LogP contribution in [-0.4, -0.2) is 18.3 Å². The lowest BCUT2D eigenvalue weighted by molar-refractivity contribution is -0.0312. The number of hydrogen-bond donors (Lipinski definition) is 1. The number of halogens is 3. The van der Waals surface area contributed by atoms with E-state index in [2.05, 4.69) is 0 Å². The van der Waals surface area contributed by atoms with Crippen molar-refractivity contribution in [1.82, 2.24) is 0 Å². The van der Waals surface area contributed by atoms with Gasteiger partial charge in [0.15, 0.2) is 17.5 Å². The zero-order valence-electron chi connectivity index (χ0n) is 10.00. The van der Waals surface area contributed by atoms with Gasteiger partial charge in [-0.1, -0.05) is 0 Å². The molecular formula is C13H12F3NO2. The molecule has 1 heterocycles. The number of nitrogens with zero attached hydrogens (tertiary/aromatic N) is 1. The molecule has 0 saturated carbocycles. The van der Waals surface area contributed by atoms with Gasteiger partial charge in [-0.2, -0.15) is 5.26 Å². The van der Waals surface area contributed by atoms with Crippen molar-refractivity contribution in [2.24, 2.45) is 5.41 Å². The maximum Gasteiger partial charge on any atom is 0.194 e. The van der Waals surface area contributed by atoms with E-state index in [1.807, 2.05) is 6.07 Å². The molecule has 0 radical (unpaired) electrons. The molecule has 1 atom stereocenters. The summed E-state index contributed by atoms with van der Waals surface area (Å²) in [6.45, 7) is 0.577. The highest BCUT2D eigenvalue weighted by molar-refractivity contribution is 5.26. The van der Waals surface area contributed by atoms with Crippen molar-refractivity contribution in [3.8, 4) is 6.07 Å². The molecule has 2 rings (SSSR count). The molecule has 0 bridgehead atoms. The summed E-state index contributed by atoms with van der Waals surface area (Å²) in [5, 5.41) is 19.4. The van der Waals surface area contributed by atoms with Crippen molar-refractivity contribution in [3.63, 3.8) is 0 Å². The minimum absolute atomic E-state index is 0.139. The fourth-order valence-electron chi connectivity index (χ4n) is 2.23. The van der Waals surface area contributed by atoms with E-state index in [-0.39, 0.29) is 31.6 Å². The molecule has 0 aromatic heterocycles. The van der Waals surface area contributed by atoms with Crippen LogP contribution < -0.4 is 0 Å². The zero-order chi connectivity index (χ0) is 14.0. The Kier molecular flexibility index (Phi) is 3.78. The van der Waals surface area contributed by atoms with Gasteiger partial charge in [-0.15, -0.1) is 0 Å². The molecule has 1 aliphatic rings. The standard InChI is InChI=1S/C13H12F3NO2/c14-9-5-8(6-10(15)11(9)16)12(18)13(7-17)1-3-19-4-2-13/h5-6,12,18H,1-4H2. The largest absolute Gasteiger partial charge is 0.387 e. The van der Waals surface area contributed by atoms with E-state index in [1.165, 1.54) is 0 Å². The quantitative estimate of drug-likeness (QED) is 0.841. The van der Waals surface area contributed by atoms with E-state index in [0.29, 0.717) is 0 Å². The van der Waals surface area contributed by atoms with Crippen molar-refractivity contribution < 1.29 is 23.0 Å². The predicted molar refractivity (Wildman–Crippen MR) is 59.4 cm³/mol. The molecule has 0 aliphatic carbocycles. The molecule has 1 N–H and O–H groups in total. The average molecular weight is 271 g/mol. The van der Waals surface area contributed by atoms with Gasteiger partial charge in [0.05, 0.1) is 17.6 Å². The van der Waals surface area contributed by atoms with Crippen LogP contribution in [0.15, 0.2) is 12.1 Å². The first kappa shape index (κ1) is 13.8. The van der Waals surface area contributed by atoms with Gasteiger partial charge in [0.1, 0.15) is 0 Å². The number of aliphatic hydroxyl groups is 1. The summed E-state index contributed by atoms with van der Waals surface area (Å²) in [6, 6.07) is 3.44. The van der Waals surface area contributed by atoms with Crippen LogP contribution in [0.4, 0.5) is 13.2 Å². The molecule has 1 fully saturated rings. The second-order valence-electron chi connectivity index (χ2n) is 4.58.